The second kappa shape index (κ2) is 16.5. The molecule has 386 valence electrons. The Morgan fingerprint density at radius 3 is 1.73 bits per heavy atom. The van der Waals surface area contributed by atoms with Gasteiger partial charge in [0.25, 0.3) is 0 Å². The monoisotopic (exact) mass is 1020 g/mol. The topological polar surface area (TPSA) is 9.72 Å². The van der Waals surface area contributed by atoms with Crippen molar-refractivity contribution in [2.45, 2.75) is 154 Å². The van der Waals surface area contributed by atoms with Gasteiger partial charge in [0.2, 0.25) is 0 Å². The molecule has 8 aromatic carbocycles. The molecular weight excluding hydrogens is 950 g/mol. The predicted octanol–water partition coefficient (Wildman–Crippen LogP) is 19.1. The van der Waals surface area contributed by atoms with E-state index in [2.05, 4.69) is 267 Å². The molecule has 0 radical (unpaired) electrons. The summed E-state index contributed by atoms with van der Waals surface area (Å²) in [4.78, 5) is 8.29. The molecule has 3 nitrogen and oxygen atoms in total. The van der Waals surface area contributed by atoms with Crippen LogP contribution in [0.2, 0.25) is 0 Å². The minimum Gasteiger partial charge on any atom is -0.400 e. The zero-order valence-corrected chi connectivity index (χ0v) is 48.4. The number of para-hydroxylation sites is 2. The molecule has 1 aromatic heterocycles. The lowest BCUT2D eigenvalue weighted by Gasteiger charge is -2.55. The Labute approximate surface area is 463 Å². The summed E-state index contributed by atoms with van der Waals surface area (Å²) < 4.78 is 2.84. The van der Waals surface area contributed by atoms with Crippen molar-refractivity contribution in [3.8, 4) is 22.3 Å². The number of hydrogen-bond acceptors (Lipinski definition) is 4. The number of benzene rings is 8. The second-order valence-electron chi connectivity index (χ2n) is 27.5. The fourth-order valence-corrected chi connectivity index (χ4v) is 16.5. The highest BCUT2D eigenvalue weighted by Crippen LogP contribution is 2.64. The Morgan fingerprint density at radius 2 is 1.08 bits per heavy atom. The Kier molecular flexibility index (Phi) is 10.5. The molecule has 77 heavy (non-hydrogen) atoms. The molecule has 0 amide bonds. The Bertz CT molecular complexity index is 3850. The minimum atomic E-state index is -0.133. The van der Waals surface area contributed by atoms with Crippen LogP contribution >= 0.6 is 11.3 Å². The first kappa shape index (κ1) is 48.8. The maximum atomic E-state index is 3.05. The summed E-state index contributed by atoms with van der Waals surface area (Å²) in [5, 5.41) is 2.80. The molecular formula is C72H74BN3S. The summed E-state index contributed by atoms with van der Waals surface area (Å²) in [6.45, 7) is 29.5. The van der Waals surface area contributed by atoms with Crippen molar-refractivity contribution < 1.29 is 0 Å². The summed E-state index contributed by atoms with van der Waals surface area (Å²) in [5.41, 5.74) is 24.0. The van der Waals surface area contributed by atoms with Crippen LogP contribution in [0.25, 0.3) is 42.4 Å². The molecule has 0 bridgehead atoms. The predicted molar refractivity (Wildman–Crippen MR) is 334 cm³/mol. The van der Waals surface area contributed by atoms with E-state index in [0.29, 0.717) is 0 Å². The van der Waals surface area contributed by atoms with Crippen LogP contribution in [0, 0.1) is 0 Å². The van der Waals surface area contributed by atoms with Gasteiger partial charge in [-0.15, -0.1) is 11.3 Å². The van der Waals surface area contributed by atoms with Crippen LogP contribution < -0.4 is 25.5 Å². The Balaban J connectivity index is 1.17. The van der Waals surface area contributed by atoms with Crippen molar-refractivity contribution in [2.75, 3.05) is 14.6 Å². The molecule has 0 spiro atoms. The molecule has 2 unspecified atom stereocenters. The molecule has 4 heterocycles. The fraction of sp³-hybridized carbons (Fsp3) is 0.333. The highest BCUT2D eigenvalue weighted by Gasteiger charge is 2.63. The lowest BCUT2D eigenvalue weighted by molar-refractivity contribution is 0.199. The molecule has 1 saturated carbocycles. The van der Waals surface area contributed by atoms with Crippen LogP contribution in [0.15, 0.2) is 158 Å². The molecule has 2 atom stereocenters. The molecule has 3 aliphatic heterocycles. The molecule has 1 fully saturated rings. The van der Waals surface area contributed by atoms with Gasteiger partial charge in [-0.1, -0.05) is 174 Å². The van der Waals surface area contributed by atoms with E-state index in [0.717, 1.165) is 23.5 Å². The summed E-state index contributed by atoms with van der Waals surface area (Å²) in [7, 11) is 0. The summed E-state index contributed by atoms with van der Waals surface area (Å²) >= 11 is 2.06. The van der Waals surface area contributed by atoms with E-state index in [-0.39, 0.29) is 39.5 Å². The maximum absolute atomic E-state index is 3.05. The average molecular weight is 1020 g/mol. The van der Waals surface area contributed by atoms with E-state index in [1.807, 2.05) is 0 Å². The van der Waals surface area contributed by atoms with Crippen molar-refractivity contribution in [3.05, 3.63) is 186 Å². The summed E-state index contributed by atoms with van der Waals surface area (Å²) in [5.74, 6) is 0. The third-order valence-electron chi connectivity index (χ3n) is 19.9. The van der Waals surface area contributed by atoms with E-state index in [4.69, 9.17) is 0 Å². The van der Waals surface area contributed by atoms with Crippen molar-refractivity contribution in [2.24, 2.45) is 0 Å². The summed E-state index contributed by atoms with van der Waals surface area (Å²) in [6.07, 6.45) is 7.22. The fourth-order valence-electron chi connectivity index (χ4n) is 15.2. The van der Waals surface area contributed by atoms with Crippen LogP contribution in [-0.2, 0) is 27.1 Å². The first-order valence-electron chi connectivity index (χ1n) is 28.8. The van der Waals surface area contributed by atoms with Crippen molar-refractivity contribution in [1.82, 2.24) is 0 Å². The number of hydrogen-bond donors (Lipinski definition) is 0. The van der Waals surface area contributed by atoms with Gasteiger partial charge >= 0.3 is 6.85 Å². The lowest BCUT2D eigenvalue weighted by atomic mass is 9.42. The normalized spacial score (nSPS) is 20.6. The highest BCUT2D eigenvalue weighted by molar-refractivity contribution is 7.27. The molecule has 9 aromatic rings. The van der Waals surface area contributed by atoms with Crippen molar-refractivity contribution >= 4 is 89.1 Å². The van der Waals surface area contributed by atoms with Crippen LogP contribution in [0.4, 0.5) is 39.8 Å². The standard InChI is InChI=1S/C72H74BN3S/c1-67(2,3)46-30-32-59(52(38-46)45-24-16-13-17-25-45)75-60-33-31-51-53-43-56-57(70(9,10)37-36-69(56,7)8)44-62(53)77-66(51)64(60)73-63-54(41-50(42-61(63)75)74(48-26-18-14-19-27-48)49-28-20-15-21-29-49)55-39-47(68(4,5)6)40-58-65(55)76(73)72(12)35-23-22-34-71(58,72)11/h13-21,24-33,38-44H,22-23,34-37H2,1-12H3. The smallest absolute Gasteiger partial charge is 0.330 e. The van der Waals surface area contributed by atoms with Crippen LogP contribution in [0.5, 0.6) is 0 Å². The molecule has 0 saturated heterocycles. The van der Waals surface area contributed by atoms with Crippen molar-refractivity contribution in [3.63, 3.8) is 0 Å². The molecule has 0 N–H and O–H groups in total. The van der Waals surface area contributed by atoms with E-state index in [1.165, 1.54) is 130 Å². The number of nitrogens with zero attached hydrogens (tertiary/aromatic N) is 3. The Morgan fingerprint density at radius 1 is 0.481 bits per heavy atom. The van der Waals surface area contributed by atoms with Gasteiger partial charge in [0.15, 0.2) is 0 Å². The van der Waals surface area contributed by atoms with Gasteiger partial charge in [0, 0.05) is 76.4 Å². The number of rotatable bonds is 5. The molecule has 5 heteroatoms. The number of fused-ring (bicyclic) bond motifs is 12. The van der Waals surface area contributed by atoms with E-state index < -0.39 is 0 Å². The van der Waals surface area contributed by atoms with Crippen LogP contribution in [-0.4, -0.2) is 12.4 Å². The second-order valence-corrected chi connectivity index (χ2v) is 28.6. The number of anilines is 7. The Hall–Kier alpha value is -6.56. The first-order chi connectivity index (χ1) is 36.7. The van der Waals surface area contributed by atoms with Gasteiger partial charge < -0.3 is 14.6 Å². The number of thiophene rings is 1. The zero-order valence-electron chi connectivity index (χ0n) is 47.6. The van der Waals surface area contributed by atoms with E-state index in [9.17, 15) is 0 Å². The van der Waals surface area contributed by atoms with Crippen LogP contribution in [0.1, 0.15) is 149 Å². The molecule has 14 rings (SSSR count). The summed E-state index contributed by atoms with van der Waals surface area (Å²) in [6, 6.07) is 61.5. The van der Waals surface area contributed by atoms with E-state index in [1.54, 1.807) is 5.56 Å². The van der Waals surface area contributed by atoms with Gasteiger partial charge in [-0.05, 0) is 177 Å². The first-order valence-corrected chi connectivity index (χ1v) is 29.6. The molecule has 2 aliphatic carbocycles. The van der Waals surface area contributed by atoms with E-state index >= 15 is 0 Å². The third-order valence-corrected chi connectivity index (χ3v) is 21.1. The highest BCUT2D eigenvalue weighted by atomic mass is 32.1. The van der Waals surface area contributed by atoms with Gasteiger partial charge in [-0.2, -0.15) is 0 Å². The average Bonchev–Trinajstić information content (AvgIpc) is 3.17. The van der Waals surface area contributed by atoms with Crippen LogP contribution in [0.3, 0.4) is 0 Å². The quantitative estimate of drug-likeness (QED) is 0.159. The zero-order chi connectivity index (χ0) is 53.3. The lowest BCUT2D eigenvalue weighted by Crippen LogP contribution is -2.70. The van der Waals surface area contributed by atoms with Gasteiger partial charge in [0.1, 0.15) is 0 Å². The largest absolute Gasteiger partial charge is 0.400 e. The molecule has 5 aliphatic rings. The van der Waals surface area contributed by atoms with Gasteiger partial charge in [-0.25, -0.2) is 0 Å². The maximum Gasteiger partial charge on any atom is 0.330 e. The van der Waals surface area contributed by atoms with Gasteiger partial charge in [-0.3, -0.25) is 0 Å². The minimum absolute atomic E-state index is 0.0350. The van der Waals surface area contributed by atoms with Crippen molar-refractivity contribution in [1.29, 1.82) is 0 Å². The third kappa shape index (κ3) is 7.00. The van der Waals surface area contributed by atoms with Gasteiger partial charge in [0.05, 0.1) is 5.69 Å². The SMILES string of the molecule is CC(C)(C)c1ccc(N2c3cc(N(c4ccccc4)c4ccccc4)cc4c3B(c3c2ccc2c3sc3cc5c(cc32)C(C)(C)CCC5(C)C)N2c3c-4cc(C(C)(C)C)cc3C3(C)CCCCC23C)c(-c2ccccc2)c1.